The number of nitrogens with two attached hydrogens (primary N) is 1. The van der Waals surface area contributed by atoms with Crippen LogP contribution in [-0.2, 0) is 36.7 Å². The number of aryl methyl sites for hydroxylation is 1. The molecule has 9 heteroatoms. The van der Waals surface area contributed by atoms with Crippen molar-refractivity contribution in [2.45, 2.75) is 88.8 Å². The van der Waals surface area contributed by atoms with Crippen LogP contribution in [0.5, 0.6) is 0 Å². The molecule has 234 valence electrons. The molecule has 4 atom stereocenters. The first-order valence-corrected chi connectivity index (χ1v) is 15.7. The molecular weight excluding hydrogens is 566 g/mol. The van der Waals surface area contributed by atoms with E-state index in [1.54, 1.807) is 7.11 Å². The average molecular weight is 612 g/mol. The van der Waals surface area contributed by atoms with Gasteiger partial charge in [0.25, 0.3) is 0 Å². The van der Waals surface area contributed by atoms with Gasteiger partial charge in [-0.2, -0.15) is 0 Å². The largest absolute Gasteiger partial charge is 0.460 e. The lowest BCUT2D eigenvalue weighted by atomic mass is 9.80. The van der Waals surface area contributed by atoms with Crippen molar-refractivity contribution < 1.29 is 23.9 Å². The smallest absolute Gasteiger partial charge is 0.307 e. The van der Waals surface area contributed by atoms with Gasteiger partial charge < -0.3 is 25.4 Å². The Bertz CT molecular complexity index is 1280. The SMILES string of the molecule is COCC[C@H](N)C(=O)NC1(Cc2ccc(Cl)cc2)CCCN(C(=O)[C@@H](CC(=O)OC(C)(C)C)[C@H]2CCc3ccccc32)C1. The highest BCUT2D eigenvalue weighted by atomic mass is 35.5. The van der Waals surface area contributed by atoms with Crippen molar-refractivity contribution in [3.8, 4) is 0 Å². The van der Waals surface area contributed by atoms with Crippen LogP contribution in [0.4, 0.5) is 0 Å². The molecule has 2 aromatic carbocycles. The third kappa shape index (κ3) is 8.80. The Hall–Kier alpha value is -2.94. The van der Waals surface area contributed by atoms with Crippen LogP contribution < -0.4 is 11.1 Å². The van der Waals surface area contributed by atoms with E-state index in [2.05, 4.69) is 17.4 Å². The summed E-state index contributed by atoms with van der Waals surface area (Å²) in [6.07, 6.45) is 3.96. The number of halogens is 1. The van der Waals surface area contributed by atoms with E-state index in [1.807, 2.05) is 62.1 Å². The third-order valence-electron chi connectivity index (χ3n) is 8.49. The van der Waals surface area contributed by atoms with E-state index in [-0.39, 0.29) is 30.1 Å². The van der Waals surface area contributed by atoms with Crippen LogP contribution in [0.3, 0.4) is 0 Å². The summed E-state index contributed by atoms with van der Waals surface area (Å²) < 4.78 is 10.8. The van der Waals surface area contributed by atoms with Crippen molar-refractivity contribution in [3.63, 3.8) is 0 Å². The summed E-state index contributed by atoms with van der Waals surface area (Å²) in [6.45, 7) is 6.74. The first kappa shape index (κ1) is 33.0. The Morgan fingerprint density at radius 1 is 1.14 bits per heavy atom. The monoisotopic (exact) mass is 611 g/mol. The molecule has 1 heterocycles. The third-order valence-corrected chi connectivity index (χ3v) is 8.74. The van der Waals surface area contributed by atoms with Gasteiger partial charge in [0.1, 0.15) is 5.60 Å². The van der Waals surface area contributed by atoms with E-state index >= 15 is 0 Å². The summed E-state index contributed by atoms with van der Waals surface area (Å²) in [5, 5.41) is 3.88. The van der Waals surface area contributed by atoms with Crippen molar-refractivity contribution >= 4 is 29.4 Å². The molecule has 0 saturated carbocycles. The number of rotatable bonds is 11. The fraction of sp³-hybridized carbons (Fsp3) is 0.559. The zero-order valence-corrected chi connectivity index (χ0v) is 26.6. The number of nitrogens with zero attached hydrogens (tertiary/aromatic N) is 1. The van der Waals surface area contributed by atoms with Crippen molar-refractivity contribution in [1.82, 2.24) is 10.2 Å². The van der Waals surface area contributed by atoms with Crippen molar-refractivity contribution in [1.29, 1.82) is 0 Å². The molecule has 2 aliphatic rings. The van der Waals surface area contributed by atoms with Gasteiger partial charge in [0.05, 0.1) is 23.9 Å². The van der Waals surface area contributed by atoms with Crippen LogP contribution in [0.2, 0.25) is 5.02 Å². The number of carbonyl (C=O) groups is 3. The Labute approximate surface area is 260 Å². The fourth-order valence-electron chi connectivity index (χ4n) is 6.54. The molecule has 2 aromatic rings. The first-order chi connectivity index (χ1) is 20.4. The molecular formula is C34H46ClN3O5. The molecule has 0 aromatic heterocycles. The van der Waals surface area contributed by atoms with Gasteiger partial charge in [-0.05, 0) is 94.0 Å². The maximum atomic E-state index is 14.5. The molecule has 1 saturated heterocycles. The van der Waals surface area contributed by atoms with Crippen LogP contribution in [0.25, 0.3) is 0 Å². The van der Waals surface area contributed by atoms with Crippen LogP contribution in [0.15, 0.2) is 48.5 Å². The highest BCUT2D eigenvalue weighted by Crippen LogP contribution is 2.41. The summed E-state index contributed by atoms with van der Waals surface area (Å²) in [7, 11) is 1.58. The number of hydrogen-bond acceptors (Lipinski definition) is 6. The Balaban J connectivity index is 1.62. The second-order valence-electron chi connectivity index (χ2n) is 13.1. The minimum atomic E-state index is -0.733. The number of piperidine rings is 1. The van der Waals surface area contributed by atoms with Gasteiger partial charge >= 0.3 is 5.97 Å². The van der Waals surface area contributed by atoms with Crippen molar-refractivity contribution in [2.24, 2.45) is 11.7 Å². The lowest BCUT2D eigenvalue weighted by Crippen LogP contribution is -2.63. The van der Waals surface area contributed by atoms with E-state index in [1.165, 1.54) is 5.56 Å². The number of benzene rings is 2. The van der Waals surface area contributed by atoms with E-state index in [0.29, 0.717) is 50.4 Å². The number of hydrogen-bond donors (Lipinski definition) is 2. The second-order valence-corrected chi connectivity index (χ2v) is 13.5. The second kappa shape index (κ2) is 14.2. The van der Waals surface area contributed by atoms with Crippen LogP contribution in [-0.4, -0.2) is 66.7 Å². The van der Waals surface area contributed by atoms with Gasteiger partial charge in [0, 0.05) is 31.8 Å². The van der Waals surface area contributed by atoms with Crippen LogP contribution >= 0.6 is 11.6 Å². The van der Waals surface area contributed by atoms with Gasteiger partial charge in [0.2, 0.25) is 11.8 Å². The Morgan fingerprint density at radius 2 is 1.86 bits per heavy atom. The Kier molecular flexibility index (Phi) is 10.9. The molecule has 1 fully saturated rings. The lowest BCUT2D eigenvalue weighted by molar-refractivity contribution is -0.159. The highest BCUT2D eigenvalue weighted by molar-refractivity contribution is 6.30. The minimum absolute atomic E-state index is 0.00401. The summed E-state index contributed by atoms with van der Waals surface area (Å²) in [5.74, 6) is -1.37. The molecule has 0 bridgehead atoms. The number of ether oxygens (including phenoxy) is 2. The standard InChI is InChI=1S/C34H46ClN3O5/c1-33(2,3)43-30(39)20-28(27-15-12-24-8-5-6-9-26(24)27)32(41)38-18-7-17-34(22-38,21-23-10-13-25(35)14-11-23)37-31(40)29(36)16-19-42-4/h5-6,8-11,13-14,27-29H,7,12,15-22,36H2,1-4H3,(H,37,40)/t27-,28-,29-,34?/m0/s1. The zero-order chi connectivity index (χ0) is 31.2. The van der Waals surface area contributed by atoms with Gasteiger partial charge in [-0.1, -0.05) is 48.0 Å². The number of fused-ring (bicyclic) bond motifs is 1. The molecule has 4 rings (SSSR count). The van der Waals surface area contributed by atoms with Crippen molar-refractivity contribution in [3.05, 3.63) is 70.2 Å². The maximum absolute atomic E-state index is 14.5. The highest BCUT2D eigenvalue weighted by Gasteiger charge is 2.44. The lowest BCUT2D eigenvalue weighted by Gasteiger charge is -2.45. The number of carbonyl (C=O) groups excluding carboxylic acids is 3. The quantitative estimate of drug-likeness (QED) is 0.353. The number of esters is 1. The molecule has 43 heavy (non-hydrogen) atoms. The molecule has 1 aliphatic carbocycles. The molecule has 2 amide bonds. The van der Waals surface area contributed by atoms with E-state index in [9.17, 15) is 14.4 Å². The Morgan fingerprint density at radius 3 is 2.56 bits per heavy atom. The van der Waals surface area contributed by atoms with Gasteiger partial charge in [-0.3, -0.25) is 14.4 Å². The van der Waals surface area contributed by atoms with Crippen LogP contribution in [0.1, 0.15) is 75.5 Å². The molecule has 1 unspecified atom stereocenters. The molecule has 8 nitrogen and oxygen atoms in total. The summed E-state index contributed by atoms with van der Waals surface area (Å²) >= 11 is 6.15. The minimum Gasteiger partial charge on any atom is -0.460 e. The number of methoxy groups -OCH3 is 1. The fourth-order valence-corrected chi connectivity index (χ4v) is 6.67. The predicted octanol–water partition coefficient (Wildman–Crippen LogP) is 4.80. The van der Waals surface area contributed by atoms with E-state index in [0.717, 1.165) is 24.0 Å². The number of likely N-dealkylation sites (tertiary alicyclic amines) is 1. The molecule has 1 aliphatic heterocycles. The van der Waals surface area contributed by atoms with Crippen LogP contribution in [0, 0.1) is 5.92 Å². The van der Waals surface area contributed by atoms with Crippen molar-refractivity contribution in [2.75, 3.05) is 26.8 Å². The number of amides is 2. The zero-order valence-electron chi connectivity index (χ0n) is 25.9. The normalized spacial score (nSPS) is 21.5. The number of nitrogens with one attached hydrogen (secondary N) is 1. The summed E-state index contributed by atoms with van der Waals surface area (Å²) in [6, 6.07) is 15.0. The van der Waals surface area contributed by atoms with Gasteiger partial charge in [-0.15, -0.1) is 0 Å². The average Bonchev–Trinajstić information content (AvgIpc) is 3.38. The summed E-state index contributed by atoms with van der Waals surface area (Å²) in [4.78, 5) is 42.8. The van der Waals surface area contributed by atoms with Gasteiger partial charge in [-0.25, -0.2) is 0 Å². The summed E-state index contributed by atoms with van der Waals surface area (Å²) in [5.41, 5.74) is 8.20. The molecule has 0 radical (unpaired) electrons. The predicted molar refractivity (Wildman–Crippen MR) is 168 cm³/mol. The molecule has 3 N–H and O–H groups in total. The van der Waals surface area contributed by atoms with E-state index < -0.39 is 23.1 Å². The maximum Gasteiger partial charge on any atom is 0.307 e. The van der Waals surface area contributed by atoms with Gasteiger partial charge in [0.15, 0.2) is 0 Å². The first-order valence-electron chi connectivity index (χ1n) is 15.3. The van der Waals surface area contributed by atoms with E-state index in [4.69, 9.17) is 26.8 Å². The molecule has 0 spiro atoms. The topological polar surface area (TPSA) is 111 Å².